The fraction of sp³-hybridized carbons (Fsp3) is 0.692. The molecule has 0 fully saturated rings. The number of aromatic nitrogens is 2. The van der Waals surface area contributed by atoms with Crippen molar-refractivity contribution in [2.24, 2.45) is 5.92 Å². The van der Waals surface area contributed by atoms with Gasteiger partial charge in [0.25, 0.3) is 0 Å². The van der Waals surface area contributed by atoms with Crippen molar-refractivity contribution in [3.63, 3.8) is 0 Å². The van der Waals surface area contributed by atoms with Crippen molar-refractivity contribution < 1.29 is 0 Å². The molecule has 0 aromatic carbocycles. The van der Waals surface area contributed by atoms with Crippen LogP contribution in [-0.4, -0.2) is 37.7 Å². The van der Waals surface area contributed by atoms with Gasteiger partial charge in [0.1, 0.15) is 0 Å². The smallest absolute Gasteiger partial charge is 0.225 e. The highest BCUT2D eigenvalue weighted by Gasteiger charge is 2.12. The lowest BCUT2D eigenvalue weighted by atomic mass is 9.99. The summed E-state index contributed by atoms with van der Waals surface area (Å²) < 4.78 is 0. The molecule has 96 valence electrons. The Bertz CT molecular complexity index is 351. The fourth-order valence-corrected chi connectivity index (χ4v) is 1.99. The molecule has 0 aliphatic heterocycles. The molecule has 0 bridgehead atoms. The molecular weight excluding hydrogens is 212 g/mol. The van der Waals surface area contributed by atoms with Gasteiger partial charge in [0.2, 0.25) is 5.95 Å². The van der Waals surface area contributed by atoms with E-state index in [0.29, 0.717) is 5.92 Å². The second-order valence-electron chi connectivity index (χ2n) is 4.93. The number of nitrogens with one attached hydrogen (secondary N) is 1. The highest BCUT2D eigenvalue weighted by molar-refractivity contribution is 5.35. The van der Waals surface area contributed by atoms with Crippen LogP contribution in [0.5, 0.6) is 0 Å². The Labute approximate surface area is 104 Å². The lowest BCUT2D eigenvalue weighted by Crippen LogP contribution is -2.20. The van der Waals surface area contributed by atoms with Crippen LogP contribution in [0, 0.1) is 19.8 Å². The van der Waals surface area contributed by atoms with E-state index in [1.807, 2.05) is 26.0 Å². The summed E-state index contributed by atoms with van der Waals surface area (Å²) in [6, 6.07) is 0. The Morgan fingerprint density at radius 1 is 1.18 bits per heavy atom. The molecule has 0 saturated heterocycles. The Kier molecular flexibility index (Phi) is 4.87. The number of anilines is 1. The van der Waals surface area contributed by atoms with Crippen molar-refractivity contribution in [3.05, 3.63) is 17.0 Å². The van der Waals surface area contributed by atoms with Gasteiger partial charge in [-0.05, 0) is 45.3 Å². The predicted octanol–water partition coefficient (Wildman–Crippen LogP) is 1.56. The van der Waals surface area contributed by atoms with Crippen molar-refractivity contribution in [2.75, 3.05) is 32.6 Å². The van der Waals surface area contributed by atoms with Gasteiger partial charge in [0, 0.05) is 25.5 Å². The molecule has 0 spiro atoms. The zero-order valence-electron chi connectivity index (χ0n) is 11.8. The summed E-state index contributed by atoms with van der Waals surface area (Å²) in [5.41, 5.74) is 3.49. The summed E-state index contributed by atoms with van der Waals surface area (Å²) in [5, 5.41) is 3.21. The van der Waals surface area contributed by atoms with Crippen molar-refractivity contribution >= 4 is 5.95 Å². The molecule has 17 heavy (non-hydrogen) atoms. The summed E-state index contributed by atoms with van der Waals surface area (Å²) in [6.45, 7) is 7.41. The predicted molar refractivity (Wildman–Crippen MR) is 72.6 cm³/mol. The lowest BCUT2D eigenvalue weighted by Gasteiger charge is -2.17. The molecule has 1 rings (SSSR count). The van der Waals surface area contributed by atoms with Crippen LogP contribution in [0.15, 0.2) is 0 Å². The molecule has 0 saturated carbocycles. The first-order valence-corrected chi connectivity index (χ1v) is 6.11. The molecule has 1 unspecified atom stereocenters. The SMILES string of the molecule is CNCC(C)Cc1c(C)nc(N(C)C)nc1C. The molecule has 1 heterocycles. The number of nitrogens with zero attached hydrogens (tertiary/aromatic N) is 3. The van der Waals surface area contributed by atoms with Gasteiger partial charge in [-0.25, -0.2) is 9.97 Å². The van der Waals surface area contributed by atoms with Crippen LogP contribution in [0.3, 0.4) is 0 Å². The fourth-order valence-electron chi connectivity index (χ4n) is 1.99. The number of aryl methyl sites for hydroxylation is 2. The Morgan fingerprint density at radius 2 is 1.71 bits per heavy atom. The molecule has 1 atom stereocenters. The topological polar surface area (TPSA) is 41.1 Å². The number of hydrogen-bond acceptors (Lipinski definition) is 4. The third-order valence-corrected chi connectivity index (χ3v) is 2.91. The van der Waals surface area contributed by atoms with E-state index in [1.54, 1.807) is 0 Å². The zero-order valence-corrected chi connectivity index (χ0v) is 11.8. The minimum absolute atomic E-state index is 0.603. The molecule has 0 radical (unpaired) electrons. The number of hydrogen-bond donors (Lipinski definition) is 1. The molecule has 1 aromatic heterocycles. The highest BCUT2D eigenvalue weighted by Crippen LogP contribution is 2.17. The quantitative estimate of drug-likeness (QED) is 0.842. The van der Waals surface area contributed by atoms with Gasteiger partial charge in [-0.15, -0.1) is 0 Å². The largest absolute Gasteiger partial charge is 0.347 e. The number of rotatable bonds is 5. The van der Waals surface area contributed by atoms with Crippen molar-refractivity contribution in [1.82, 2.24) is 15.3 Å². The third kappa shape index (κ3) is 3.66. The summed E-state index contributed by atoms with van der Waals surface area (Å²) >= 11 is 0. The molecular formula is C13H24N4. The monoisotopic (exact) mass is 236 g/mol. The first kappa shape index (κ1) is 13.9. The van der Waals surface area contributed by atoms with Gasteiger partial charge in [-0.2, -0.15) is 0 Å². The summed E-state index contributed by atoms with van der Waals surface area (Å²) in [7, 11) is 5.93. The van der Waals surface area contributed by atoms with Gasteiger partial charge < -0.3 is 10.2 Å². The van der Waals surface area contributed by atoms with E-state index in [2.05, 4.69) is 36.1 Å². The minimum Gasteiger partial charge on any atom is -0.347 e. The van der Waals surface area contributed by atoms with Crippen molar-refractivity contribution in [2.45, 2.75) is 27.2 Å². The Hall–Kier alpha value is -1.16. The highest BCUT2D eigenvalue weighted by atomic mass is 15.2. The Balaban J connectivity index is 2.93. The first-order chi connectivity index (χ1) is 7.95. The van der Waals surface area contributed by atoms with E-state index >= 15 is 0 Å². The van der Waals surface area contributed by atoms with E-state index in [9.17, 15) is 0 Å². The molecule has 0 aliphatic carbocycles. The minimum atomic E-state index is 0.603. The van der Waals surface area contributed by atoms with Gasteiger partial charge in [-0.1, -0.05) is 6.92 Å². The van der Waals surface area contributed by atoms with Crippen LogP contribution >= 0.6 is 0 Å². The van der Waals surface area contributed by atoms with Crippen LogP contribution in [0.1, 0.15) is 23.9 Å². The standard InChI is InChI=1S/C13H24N4/c1-9(8-14-4)7-12-10(2)15-13(17(5)6)16-11(12)3/h9,14H,7-8H2,1-6H3. The summed E-state index contributed by atoms with van der Waals surface area (Å²) in [4.78, 5) is 11.0. The van der Waals surface area contributed by atoms with E-state index < -0.39 is 0 Å². The molecule has 0 aliphatic rings. The van der Waals surface area contributed by atoms with Gasteiger partial charge in [0.05, 0.1) is 0 Å². The summed E-state index contributed by atoms with van der Waals surface area (Å²) in [6.07, 6.45) is 1.03. The molecule has 1 N–H and O–H groups in total. The van der Waals surface area contributed by atoms with E-state index in [0.717, 1.165) is 30.3 Å². The lowest BCUT2D eigenvalue weighted by molar-refractivity contribution is 0.537. The maximum atomic E-state index is 4.54. The van der Waals surface area contributed by atoms with Crippen molar-refractivity contribution in [3.8, 4) is 0 Å². The molecule has 0 amide bonds. The maximum absolute atomic E-state index is 4.54. The van der Waals surface area contributed by atoms with Crippen LogP contribution in [0.2, 0.25) is 0 Å². The normalized spacial score (nSPS) is 12.6. The molecule has 4 nitrogen and oxygen atoms in total. The average Bonchev–Trinajstić information content (AvgIpc) is 2.23. The van der Waals surface area contributed by atoms with Crippen LogP contribution in [0.25, 0.3) is 0 Å². The van der Waals surface area contributed by atoms with Gasteiger partial charge in [0.15, 0.2) is 0 Å². The summed E-state index contributed by atoms with van der Waals surface area (Å²) in [5.74, 6) is 1.40. The zero-order chi connectivity index (χ0) is 13.0. The second-order valence-corrected chi connectivity index (χ2v) is 4.93. The first-order valence-electron chi connectivity index (χ1n) is 6.11. The van der Waals surface area contributed by atoms with Crippen LogP contribution in [0.4, 0.5) is 5.95 Å². The second kappa shape index (κ2) is 5.96. The van der Waals surface area contributed by atoms with E-state index in [4.69, 9.17) is 0 Å². The van der Waals surface area contributed by atoms with Crippen LogP contribution < -0.4 is 10.2 Å². The van der Waals surface area contributed by atoms with E-state index in [-0.39, 0.29) is 0 Å². The molecule has 1 aromatic rings. The van der Waals surface area contributed by atoms with E-state index in [1.165, 1.54) is 5.56 Å². The third-order valence-electron chi connectivity index (χ3n) is 2.91. The van der Waals surface area contributed by atoms with Crippen LogP contribution in [-0.2, 0) is 6.42 Å². The van der Waals surface area contributed by atoms with Gasteiger partial charge >= 0.3 is 0 Å². The Morgan fingerprint density at radius 3 is 2.12 bits per heavy atom. The molecule has 4 heteroatoms. The van der Waals surface area contributed by atoms with Crippen molar-refractivity contribution in [1.29, 1.82) is 0 Å². The van der Waals surface area contributed by atoms with Gasteiger partial charge in [-0.3, -0.25) is 0 Å². The maximum Gasteiger partial charge on any atom is 0.225 e. The average molecular weight is 236 g/mol.